The standard InChI is InChI=1S/C12H17N3O3/c13-12(15-16)10-1-2-11(14-7-10)18-8-9-3-5-17-6-4-9/h1-2,7,9,16H,3-6,8H2,(H2,13,15). The first-order valence-electron chi connectivity index (χ1n) is 5.94. The third-order valence-electron chi connectivity index (χ3n) is 2.95. The third kappa shape index (κ3) is 3.33. The Morgan fingerprint density at radius 2 is 2.28 bits per heavy atom. The van der Waals surface area contributed by atoms with Gasteiger partial charge in [0, 0.05) is 31.0 Å². The molecule has 1 aromatic rings. The number of amidine groups is 1. The van der Waals surface area contributed by atoms with E-state index >= 15 is 0 Å². The first-order valence-corrected chi connectivity index (χ1v) is 5.94. The van der Waals surface area contributed by atoms with Gasteiger partial charge in [0.25, 0.3) is 0 Å². The number of rotatable bonds is 4. The molecule has 3 N–H and O–H groups in total. The highest BCUT2D eigenvalue weighted by molar-refractivity contribution is 5.96. The van der Waals surface area contributed by atoms with Crippen molar-refractivity contribution in [3.8, 4) is 5.88 Å². The monoisotopic (exact) mass is 251 g/mol. The Labute approximate surface area is 105 Å². The number of nitrogens with zero attached hydrogens (tertiary/aromatic N) is 2. The summed E-state index contributed by atoms with van der Waals surface area (Å²) in [6.45, 7) is 2.27. The highest BCUT2D eigenvalue weighted by Crippen LogP contribution is 2.16. The van der Waals surface area contributed by atoms with Crippen LogP contribution >= 0.6 is 0 Å². The fourth-order valence-electron chi connectivity index (χ4n) is 1.79. The van der Waals surface area contributed by atoms with Crippen molar-refractivity contribution in [2.24, 2.45) is 16.8 Å². The van der Waals surface area contributed by atoms with Gasteiger partial charge in [0.05, 0.1) is 6.61 Å². The van der Waals surface area contributed by atoms with E-state index in [1.165, 1.54) is 6.20 Å². The van der Waals surface area contributed by atoms with E-state index in [-0.39, 0.29) is 5.84 Å². The average molecular weight is 251 g/mol. The number of ether oxygens (including phenoxy) is 2. The number of oxime groups is 1. The molecule has 18 heavy (non-hydrogen) atoms. The molecule has 6 heteroatoms. The topological polar surface area (TPSA) is 90.0 Å². The van der Waals surface area contributed by atoms with Gasteiger partial charge >= 0.3 is 0 Å². The van der Waals surface area contributed by atoms with Crippen molar-refractivity contribution >= 4 is 5.84 Å². The van der Waals surface area contributed by atoms with E-state index in [4.69, 9.17) is 20.4 Å². The smallest absolute Gasteiger partial charge is 0.213 e. The quantitative estimate of drug-likeness (QED) is 0.360. The third-order valence-corrected chi connectivity index (χ3v) is 2.95. The molecule has 0 saturated carbocycles. The summed E-state index contributed by atoms with van der Waals surface area (Å²) in [5, 5.41) is 11.4. The number of pyridine rings is 1. The second kappa shape index (κ2) is 6.20. The van der Waals surface area contributed by atoms with E-state index in [2.05, 4.69) is 10.1 Å². The molecule has 6 nitrogen and oxygen atoms in total. The summed E-state index contributed by atoms with van der Waals surface area (Å²) in [6, 6.07) is 3.42. The molecule has 0 aromatic carbocycles. The minimum absolute atomic E-state index is 0.0403. The fraction of sp³-hybridized carbons (Fsp3) is 0.500. The second-order valence-electron chi connectivity index (χ2n) is 4.24. The Morgan fingerprint density at radius 3 is 2.89 bits per heavy atom. The molecule has 98 valence electrons. The summed E-state index contributed by atoms with van der Waals surface area (Å²) in [5.41, 5.74) is 6.01. The molecule has 0 amide bonds. The summed E-state index contributed by atoms with van der Waals surface area (Å²) < 4.78 is 10.9. The number of hydrogen-bond acceptors (Lipinski definition) is 5. The molecular formula is C12H17N3O3. The van der Waals surface area contributed by atoms with Gasteiger partial charge in [-0.3, -0.25) is 0 Å². The van der Waals surface area contributed by atoms with Crippen LogP contribution in [0.5, 0.6) is 5.88 Å². The largest absolute Gasteiger partial charge is 0.477 e. The predicted molar refractivity (Wildman–Crippen MR) is 65.8 cm³/mol. The molecule has 0 atom stereocenters. The van der Waals surface area contributed by atoms with E-state index in [9.17, 15) is 0 Å². The Hall–Kier alpha value is -1.82. The zero-order chi connectivity index (χ0) is 12.8. The molecule has 0 aliphatic carbocycles. The van der Waals surface area contributed by atoms with Gasteiger partial charge in [-0.05, 0) is 24.8 Å². The van der Waals surface area contributed by atoms with Crippen LogP contribution in [0, 0.1) is 5.92 Å². The Balaban J connectivity index is 1.86. The van der Waals surface area contributed by atoms with E-state index in [1.54, 1.807) is 12.1 Å². The Kier molecular flexibility index (Phi) is 4.35. The summed E-state index contributed by atoms with van der Waals surface area (Å²) >= 11 is 0. The fourth-order valence-corrected chi connectivity index (χ4v) is 1.79. The SMILES string of the molecule is NC(=NO)c1ccc(OCC2CCOCC2)nc1. The molecule has 1 saturated heterocycles. The maximum atomic E-state index is 8.52. The van der Waals surface area contributed by atoms with Crippen molar-refractivity contribution < 1.29 is 14.7 Å². The van der Waals surface area contributed by atoms with Gasteiger partial charge in [-0.25, -0.2) is 4.98 Å². The summed E-state index contributed by atoms with van der Waals surface area (Å²) in [4.78, 5) is 4.11. The van der Waals surface area contributed by atoms with Crippen LogP contribution in [0.15, 0.2) is 23.5 Å². The van der Waals surface area contributed by atoms with Gasteiger partial charge in [-0.1, -0.05) is 5.16 Å². The van der Waals surface area contributed by atoms with Crippen molar-refractivity contribution in [2.75, 3.05) is 19.8 Å². The molecule has 0 radical (unpaired) electrons. The van der Waals surface area contributed by atoms with Crippen LogP contribution in [-0.2, 0) is 4.74 Å². The first-order chi connectivity index (χ1) is 8.79. The van der Waals surface area contributed by atoms with Crippen molar-refractivity contribution in [3.63, 3.8) is 0 Å². The minimum atomic E-state index is 0.0403. The lowest BCUT2D eigenvalue weighted by Gasteiger charge is -2.21. The van der Waals surface area contributed by atoms with Crippen LogP contribution in [-0.4, -0.2) is 35.8 Å². The Morgan fingerprint density at radius 1 is 1.50 bits per heavy atom. The Bertz CT molecular complexity index is 400. The lowest BCUT2D eigenvalue weighted by molar-refractivity contribution is 0.0490. The minimum Gasteiger partial charge on any atom is -0.477 e. The highest BCUT2D eigenvalue weighted by atomic mass is 16.5. The van der Waals surface area contributed by atoms with E-state index < -0.39 is 0 Å². The van der Waals surface area contributed by atoms with Crippen LogP contribution in [0.2, 0.25) is 0 Å². The van der Waals surface area contributed by atoms with Gasteiger partial charge in [0.2, 0.25) is 5.88 Å². The molecule has 0 unspecified atom stereocenters. The van der Waals surface area contributed by atoms with Gasteiger partial charge < -0.3 is 20.4 Å². The second-order valence-corrected chi connectivity index (χ2v) is 4.24. The zero-order valence-corrected chi connectivity index (χ0v) is 10.1. The van der Waals surface area contributed by atoms with Crippen molar-refractivity contribution in [1.29, 1.82) is 0 Å². The van der Waals surface area contributed by atoms with Crippen LogP contribution in [0.4, 0.5) is 0 Å². The molecule has 1 aromatic heterocycles. The zero-order valence-electron chi connectivity index (χ0n) is 10.1. The lowest BCUT2D eigenvalue weighted by atomic mass is 10.0. The summed E-state index contributed by atoms with van der Waals surface area (Å²) in [5.74, 6) is 1.12. The molecule has 2 heterocycles. The lowest BCUT2D eigenvalue weighted by Crippen LogP contribution is -2.21. The molecule has 0 bridgehead atoms. The van der Waals surface area contributed by atoms with Crippen LogP contribution in [0.25, 0.3) is 0 Å². The van der Waals surface area contributed by atoms with Crippen molar-refractivity contribution in [1.82, 2.24) is 4.98 Å². The van der Waals surface area contributed by atoms with Gasteiger partial charge in [-0.15, -0.1) is 0 Å². The predicted octanol–water partition coefficient (Wildman–Crippen LogP) is 0.981. The number of aromatic nitrogens is 1. The van der Waals surface area contributed by atoms with E-state index in [0.717, 1.165) is 26.1 Å². The number of hydrogen-bond donors (Lipinski definition) is 2. The summed E-state index contributed by atoms with van der Waals surface area (Å²) in [7, 11) is 0. The molecule has 0 spiro atoms. The highest BCUT2D eigenvalue weighted by Gasteiger charge is 2.14. The van der Waals surface area contributed by atoms with Crippen LogP contribution in [0.3, 0.4) is 0 Å². The molecule has 1 fully saturated rings. The van der Waals surface area contributed by atoms with E-state index in [0.29, 0.717) is 24.0 Å². The van der Waals surface area contributed by atoms with Gasteiger partial charge in [0.15, 0.2) is 5.84 Å². The van der Waals surface area contributed by atoms with Gasteiger partial charge in [0.1, 0.15) is 0 Å². The van der Waals surface area contributed by atoms with Gasteiger partial charge in [-0.2, -0.15) is 0 Å². The maximum Gasteiger partial charge on any atom is 0.213 e. The normalized spacial score (nSPS) is 17.7. The molecular weight excluding hydrogens is 234 g/mol. The average Bonchev–Trinajstić information content (AvgIpc) is 2.46. The maximum absolute atomic E-state index is 8.52. The number of nitrogens with two attached hydrogens (primary N) is 1. The van der Waals surface area contributed by atoms with Crippen LogP contribution in [0.1, 0.15) is 18.4 Å². The van der Waals surface area contributed by atoms with E-state index in [1.807, 2.05) is 0 Å². The first kappa shape index (κ1) is 12.6. The summed E-state index contributed by atoms with van der Waals surface area (Å²) in [6.07, 6.45) is 3.58. The molecule has 2 rings (SSSR count). The molecule has 1 aliphatic rings. The van der Waals surface area contributed by atoms with Crippen molar-refractivity contribution in [2.45, 2.75) is 12.8 Å². The molecule has 1 aliphatic heterocycles. The van der Waals surface area contributed by atoms with Crippen LogP contribution < -0.4 is 10.5 Å². The van der Waals surface area contributed by atoms with Crippen molar-refractivity contribution in [3.05, 3.63) is 23.9 Å².